The normalized spacial score (nSPS) is 16.0. The van der Waals surface area contributed by atoms with Crippen LogP contribution >= 0.6 is 12.4 Å². The summed E-state index contributed by atoms with van der Waals surface area (Å²) in [5, 5.41) is 0. The summed E-state index contributed by atoms with van der Waals surface area (Å²) in [4.78, 5) is 23.5. The van der Waals surface area contributed by atoms with Crippen molar-refractivity contribution in [1.29, 1.82) is 0 Å². The lowest BCUT2D eigenvalue weighted by Crippen LogP contribution is -2.46. The van der Waals surface area contributed by atoms with Gasteiger partial charge in [-0.2, -0.15) is 0 Å². The zero-order chi connectivity index (χ0) is 20.0. The van der Waals surface area contributed by atoms with Crippen LogP contribution in [0.15, 0.2) is 23.1 Å². The molecule has 8 nitrogen and oxygen atoms in total. The molecule has 28 heavy (non-hydrogen) atoms. The third-order valence-corrected chi connectivity index (χ3v) is 6.41. The summed E-state index contributed by atoms with van der Waals surface area (Å²) in [6, 6.07) is 3.24. The number of hydrogen-bond acceptors (Lipinski definition) is 7. The quantitative estimate of drug-likeness (QED) is 0.627. The number of methoxy groups -OCH3 is 2. The van der Waals surface area contributed by atoms with Crippen LogP contribution in [0.5, 0.6) is 0 Å². The summed E-state index contributed by atoms with van der Waals surface area (Å²) in [5.74, 6) is -1.37. The van der Waals surface area contributed by atoms with Crippen LogP contribution < -0.4 is 10.5 Å². The van der Waals surface area contributed by atoms with E-state index in [1.165, 1.54) is 19.2 Å². The molecule has 0 saturated heterocycles. The van der Waals surface area contributed by atoms with Crippen molar-refractivity contribution in [3.05, 3.63) is 29.3 Å². The van der Waals surface area contributed by atoms with Crippen molar-refractivity contribution < 1.29 is 27.5 Å². The fraction of sp³-hybridized carbons (Fsp3) is 0.556. The number of ether oxygens (including phenoxy) is 2. The molecule has 0 bridgehead atoms. The molecule has 1 aliphatic rings. The molecule has 1 saturated carbocycles. The Morgan fingerprint density at radius 3 is 2.29 bits per heavy atom. The molecule has 1 aromatic rings. The van der Waals surface area contributed by atoms with Crippen LogP contribution in [0.4, 0.5) is 0 Å². The molecule has 158 valence electrons. The van der Waals surface area contributed by atoms with Gasteiger partial charge < -0.3 is 15.2 Å². The van der Waals surface area contributed by atoms with E-state index in [4.69, 9.17) is 5.73 Å². The molecule has 0 heterocycles. The summed E-state index contributed by atoms with van der Waals surface area (Å²) in [7, 11) is -1.76. The molecule has 0 aromatic heterocycles. The zero-order valence-electron chi connectivity index (χ0n) is 16.0. The first kappa shape index (κ1) is 24.4. The maximum absolute atomic E-state index is 13.0. The molecule has 2 rings (SSSR count). The molecule has 0 spiro atoms. The number of carbonyl (C=O) groups excluding carboxylic acids is 2. The van der Waals surface area contributed by atoms with Gasteiger partial charge in [0.15, 0.2) is 0 Å². The standard InChI is InChI=1S/C18H26N2O6S.ClH/c1-25-17(21)13-8-9-14(18(22)26-2)16(10-13)27(23,24)20-15(11-19)12-6-4-3-5-7-12;/h8-10,12,15,20H,3-7,11,19H2,1-2H3;1H. The number of benzene rings is 1. The first-order chi connectivity index (χ1) is 12.8. The lowest BCUT2D eigenvalue weighted by Gasteiger charge is -2.30. The van der Waals surface area contributed by atoms with Crippen LogP contribution in [0, 0.1) is 5.92 Å². The zero-order valence-corrected chi connectivity index (χ0v) is 17.6. The Kier molecular flexibility index (Phi) is 9.35. The van der Waals surface area contributed by atoms with Gasteiger partial charge in [0.05, 0.1) is 30.2 Å². The Balaban J connectivity index is 0.00000392. The van der Waals surface area contributed by atoms with E-state index in [-0.39, 0.29) is 40.9 Å². The highest BCUT2D eigenvalue weighted by molar-refractivity contribution is 7.89. The van der Waals surface area contributed by atoms with E-state index >= 15 is 0 Å². The average molecular weight is 435 g/mol. The lowest BCUT2D eigenvalue weighted by atomic mass is 9.84. The average Bonchev–Trinajstić information content (AvgIpc) is 2.71. The molecule has 1 atom stereocenters. The van der Waals surface area contributed by atoms with E-state index < -0.39 is 28.0 Å². The van der Waals surface area contributed by atoms with Gasteiger partial charge in [0, 0.05) is 12.6 Å². The van der Waals surface area contributed by atoms with Crippen molar-refractivity contribution in [2.45, 2.75) is 43.0 Å². The molecule has 1 aliphatic carbocycles. The van der Waals surface area contributed by atoms with Crippen LogP contribution in [0.3, 0.4) is 0 Å². The van der Waals surface area contributed by atoms with Crippen molar-refractivity contribution in [3.8, 4) is 0 Å². The SMILES string of the molecule is COC(=O)c1ccc(C(=O)OC)c(S(=O)(=O)NC(CN)C2CCCCC2)c1.Cl. The van der Waals surface area contributed by atoms with Crippen LogP contribution in [0.1, 0.15) is 52.8 Å². The van der Waals surface area contributed by atoms with Gasteiger partial charge in [0.25, 0.3) is 0 Å². The number of sulfonamides is 1. The molecule has 10 heteroatoms. The van der Waals surface area contributed by atoms with Gasteiger partial charge in [-0.1, -0.05) is 19.3 Å². The second-order valence-electron chi connectivity index (χ2n) is 6.56. The van der Waals surface area contributed by atoms with Crippen LogP contribution in [0.2, 0.25) is 0 Å². The molecule has 1 fully saturated rings. The Morgan fingerprint density at radius 1 is 1.14 bits per heavy atom. The lowest BCUT2D eigenvalue weighted by molar-refractivity contribution is 0.0583. The highest BCUT2D eigenvalue weighted by Crippen LogP contribution is 2.28. The topological polar surface area (TPSA) is 125 Å². The summed E-state index contributed by atoms with van der Waals surface area (Å²) in [6.45, 7) is 0.147. The number of carbonyl (C=O) groups is 2. The maximum atomic E-state index is 13.0. The first-order valence-corrected chi connectivity index (χ1v) is 10.4. The van der Waals surface area contributed by atoms with Crippen molar-refractivity contribution in [1.82, 2.24) is 4.72 Å². The highest BCUT2D eigenvalue weighted by atomic mass is 35.5. The molecular formula is C18H27ClN2O6S. The van der Waals surface area contributed by atoms with E-state index in [0.29, 0.717) is 0 Å². The molecule has 1 aromatic carbocycles. The predicted octanol–water partition coefficient (Wildman–Crippen LogP) is 1.87. The molecule has 3 N–H and O–H groups in total. The number of hydrogen-bond donors (Lipinski definition) is 2. The van der Waals surface area contributed by atoms with Crippen LogP contribution in [-0.2, 0) is 19.5 Å². The first-order valence-electron chi connectivity index (χ1n) is 8.87. The maximum Gasteiger partial charge on any atom is 0.339 e. The minimum absolute atomic E-state index is 0. The van der Waals surface area contributed by atoms with E-state index in [0.717, 1.165) is 45.3 Å². The number of halogens is 1. The molecular weight excluding hydrogens is 408 g/mol. The van der Waals surface area contributed by atoms with Gasteiger partial charge in [-0.25, -0.2) is 22.7 Å². The van der Waals surface area contributed by atoms with Crippen LogP contribution in [-0.4, -0.2) is 47.2 Å². The van der Waals surface area contributed by atoms with E-state index in [1.807, 2.05) is 0 Å². The fourth-order valence-electron chi connectivity index (χ4n) is 3.40. The molecule has 0 aliphatic heterocycles. The second kappa shape index (κ2) is 10.8. The Labute approximate surface area is 171 Å². The molecule has 1 unspecified atom stereocenters. The van der Waals surface area contributed by atoms with Gasteiger partial charge >= 0.3 is 11.9 Å². The Bertz CT molecular complexity index is 793. The van der Waals surface area contributed by atoms with Crippen molar-refractivity contribution in [3.63, 3.8) is 0 Å². The minimum atomic E-state index is -4.11. The van der Waals surface area contributed by atoms with Crippen molar-refractivity contribution >= 4 is 34.4 Å². The molecule has 0 radical (unpaired) electrons. The van der Waals surface area contributed by atoms with Gasteiger partial charge in [-0.3, -0.25) is 0 Å². The summed E-state index contributed by atoms with van der Waals surface area (Å²) >= 11 is 0. The fourth-order valence-corrected chi connectivity index (χ4v) is 4.94. The number of rotatable bonds is 7. The highest BCUT2D eigenvalue weighted by Gasteiger charge is 2.31. The van der Waals surface area contributed by atoms with Gasteiger partial charge in [0.1, 0.15) is 0 Å². The van der Waals surface area contributed by atoms with Gasteiger partial charge in [-0.05, 0) is 37.0 Å². The monoisotopic (exact) mass is 434 g/mol. The smallest absolute Gasteiger partial charge is 0.339 e. The summed E-state index contributed by atoms with van der Waals surface area (Å²) < 4.78 is 38.0. The Morgan fingerprint density at radius 2 is 1.75 bits per heavy atom. The van der Waals surface area contributed by atoms with Crippen molar-refractivity contribution in [2.75, 3.05) is 20.8 Å². The van der Waals surface area contributed by atoms with Crippen molar-refractivity contribution in [2.24, 2.45) is 11.7 Å². The summed E-state index contributed by atoms with van der Waals surface area (Å²) in [6.07, 6.45) is 5.00. The van der Waals surface area contributed by atoms with Crippen LogP contribution in [0.25, 0.3) is 0 Å². The second-order valence-corrected chi connectivity index (χ2v) is 8.24. The number of esters is 2. The number of nitrogens with one attached hydrogen (secondary N) is 1. The van der Waals surface area contributed by atoms with E-state index in [1.54, 1.807) is 0 Å². The van der Waals surface area contributed by atoms with Gasteiger partial charge in [-0.15, -0.1) is 12.4 Å². The van der Waals surface area contributed by atoms with E-state index in [9.17, 15) is 18.0 Å². The number of nitrogens with two attached hydrogens (primary N) is 1. The van der Waals surface area contributed by atoms with E-state index in [2.05, 4.69) is 14.2 Å². The van der Waals surface area contributed by atoms with Gasteiger partial charge in [0.2, 0.25) is 10.0 Å². The summed E-state index contributed by atoms with van der Waals surface area (Å²) in [5.41, 5.74) is 5.69. The third-order valence-electron chi connectivity index (χ3n) is 4.88. The largest absolute Gasteiger partial charge is 0.465 e. The predicted molar refractivity (Wildman–Crippen MR) is 106 cm³/mol. The Hall–Kier alpha value is -1.68. The third kappa shape index (κ3) is 5.66. The molecule has 0 amide bonds. The minimum Gasteiger partial charge on any atom is -0.465 e.